The van der Waals surface area contributed by atoms with E-state index in [1.165, 1.54) is 17.9 Å². The minimum atomic E-state index is -0.771. The first-order valence-electron chi connectivity index (χ1n) is 4.05. The van der Waals surface area contributed by atoms with Crippen LogP contribution in [-0.2, 0) is 4.79 Å². The fourth-order valence-corrected chi connectivity index (χ4v) is 2.15. The van der Waals surface area contributed by atoms with Gasteiger partial charge in [0.2, 0.25) is 5.13 Å². The maximum absolute atomic E-state index is 10.8. The van der Waals surface area contributed by atoms with Gasteiger partial charge >= 0.3 is 5.97 Å². The summed E-state index contributed by atoms with van der Waals surface area (Å²) in [5.41, 5.74) is 0. The second-order valence-corrected chi connectivity index (χ2v) is 3.67. The molecule has 0 aromatic carbocycles. The van der Waals surface area contributed by atoms with Gasteiger partial charge in [-0.25, -0.2) is 9.78 Å². The number of nitrogens with zero attached hydrogens (tertiary/aromatic N) is 3. The lowest BCUT2D eigenvalue weighted by atomic mass is 10.2. The van der Waals surface area contributed by atoms with Gasteiger partial charge in [-0.05, 0) is 12.8 Å². The van der Waals surface area contributed by atoms with E-state index in [1.54, 1.807) is 4.90 Å². The van der Waals surface area contributed by atoms with E-state index < -0.39 is 12.0 Å². The number of carboxylic acids is 1. The number of hydrogen-bond acceptors (Lipinski definition) is 5. The van der Waals surface area contributed by atoms with Crippen molar-refractivity contribution in [3.8, 4) is 0 Å². The smallest absolute Gasteiger partial charge is 0.326 e. The molecule has 1 N–H and O–H groups in total. The summed E-state index contributed by atoms with van der Waals surface area (Å²) in [6, 6.07) is -0.409. The van der Waals surface area contributed by atoms with Crippen molar-refractivity contribution in [3.05, 3.63) is 6.33 Å². The van der Waals surface area contributed by atoms with E-state index in [4.69, 9.17) is 5.11 Å². The number of rotatable bonds is 2. The molecule has 1 saturated heterocycles. The maximum atomic E-state index is 10.8. The summed E-state index contributed by atoms with van der Waals surface area (Å²) < 4.78 is 3.86. The molecule has 0 saturated carbocycles. The molecule has 0 spiro atoms. The van der Waals surface area contributed by atoms with Crippen LogP contribution in [0.15, 0.2) is 6.33 Å². The molecule has 1 fully saturated rings. The molecule has 1 atom stereocenters. The van der Waals surface area contributed by atoms with Gasteiger partial charge in [0.15, 0.2) is 0 Å². The van der Waals surface area contributed by atoms with Gasteiger partial charge in [-0.2, -0.15) is 4.37 Å². The highest BCUT2D eigenvalue weighted by Crippen LogP contribution is 2.25. The summed E-state index contributed by atoms with van der Waals surface area (Å²) >= 11 is 1.24. The Kier molecular flexibility index (Phi) is 2.13. The lowest BCUT2D eigenvalue weighted by Gasteiger charge is -2.19. The minimum Gasteiger partial charge on any atom is -0.480 e. The summed E-state index contributed by atoms with van der Waals surface area (Å²) in [7, 11) is 0. The first kappa shape index (κ1) is 8.43. The van der Waals surface area contributed by atoms with E-state index in [9.17, 15) is 4.79 Å². The molecular weight excluding hydrogens is 190 g/mol. The van der Waals surface area contributed by atoms with E-state index in [-0.39, 0.29) is 0 Å². The SMILES string of the molecule is O=C(O)C1CCCN1c1ncns1. The van der Waals surface area contributed by atoms with Crippen molar-refractivity contribution < 1.29 is 9.90 Å². The number of anilines is 1. The molecule has 1 aromatic heterocycles. The molecule has 70 valence electrons. The zero-order valence-corrected chi connectivity index (χ0v) is 7.70. The van der Waals surface area contributed by atoms with Gasteiger partial charge in [-0.3, -0.25) is 0 Å². The van der Waals surface area contributed by atoms with E-state index in [0.29, 0.717) is 11.6 Å². The van der Waals surface area contributed by atoms with Gasteiger partial charge in [-0.15, -0.1) is 0 Å². The first-order valence-corrected chi connectivity index (χ1v) is 4.82. The van der Waals surface area contributed by atoms with Crippen LogP contribution in [0.1, 0.15) is 12.8 Å². The second-order valence-electron chi connectivity index (χ2n) is 2.91. The van der Waals surface area contributed by atoms with E-state index in [0.717, 1.165) is 13.0 Å². The number of aliphatic carboxylic acids is 1. The largest absolute Gasteiger partial charge is 0.480 e. The topological polar surface area (TPSA) is 66.3 Å². The molecule has 13 heavy (non-hydrogen) atoms. The maximum Gasteiger partial charge on any atom is 0.326 e. The predicted molar refractivity (Wildman–Crippen MR) is 47.9 cm³/mol. The minimum absolute atomic E-state index is 0.409. The van der Waals surface area contributed by atoms with E-state index in [2.05, 4.69) is 9.36 Å². The Morgan fingerprint density at radius 3 is 3.23 bits per heavy atom. The standard InChI is InChI=1S/C7H9N3O2S/c11-6(12)5-2-1-3-10(5)7-8-4-9-13-7/h4-5H,1-3H2,(H,11,12). The van der Waals surface area contributed by atoms with Crippen LogP contribution in [0.4, 0.5) is 5.13 Å². The van der Waals surface area contributed by atoms with Crippen LogP contribution >= 0.6 is 11.5 Å². The Bertz CT molecular complexity index is 301. The Labute approximate surface area is 79.2 Å². The highest BCUT2D eigenvalue weighted by atomic mass is 32.1. The summed E-state index contributed by atoms with van der Waals surface area (Å²) in [6.45, 7) is 0.770. The molecule has 2 heterocycles. The summed E-state index contributed by atoms with van der Waals surface area (Å²) in [5, 5.41) is 9.61. The van der Waals surface area contributed by atoms with Gasteiger partial charge in [-0.1, -0.05) is 0 Å². The second kappa shape index (κ2) is 3.29. The molecule has 1 aliphatic heterocycles. The predicted octanol–water partition coefficient (Wildman–Crippen LogP) is 0.591. The van der Waals surface area contributed by atoms with Crippen molar-refractivity contribution in [3.63, 3.8) is 0 Å². The molecule has 1 aromatic rings. The molecule has 0 amide bonds. The van der Waals surface area contributed by atoms with Crippen LogP contribution in [0, 0.1) is 0 Å². The van der Waals surface area contributed by atoms with Gasteiger partial charge in [0.05, 0.1) is 0 Å². The third kappa shape index (κ3) is 1.49. The van der Waals surface area contributed by atoms with Crippen molar-refractivity contribution in [1.82, 2.24) is 9.36 Å². The van der Waals surface area contributed by atoms with Crippen molar-refractivity contribution in [1.29, 1.82) is 0 Å². The molecular formula is C7H9N3O2S. The lowest BCUT2D eigenvalue weighted by molar-refractivity contribution is -0.138. The molecule has 0 bridgehead atoms. The molecule has 0 radical (unpaired) electrons. The number of hydrogen-bond donors (Lipinski definition) is 1. The number of aromatic nitrogens is 2. The highest BCUT2D eigenvalue weighted by molar-refractivity contribution is 7.09. The third-order valence-electron chi connectivity index (χ3n) is 2.13. The molecule has 1 unspecified atom stereocenters. The molecule has 2 rings (SSSR count). The quantitative estimate of drug-likeness (QED) is 0.755. The fraction of sp³-hybridized carbons (Fsp3) is 0.571. The first-order chi connectivity index (χ1) is 6.29. The average molecular weight is 199 g/mol. The third-order valence-corrected chi connectivity index (χ3v) is 2.84. The van der Waals surface area contributed by atoms with Crippen LogP contribution in [0.5, 0.6) is 0 Å². The molecule has 0 aliphatic carbocycles. The van der Waals surface area contributed by atoms with Gasteiger partial charge in [0.25, 0.3) is 0 Å². The van der Waals surface area contributed by atoms with Gasteiger partial charge < -0.3 is 10.0 Å². The van der Waals surface area contributed by atoms with Crippen LogP contribution in [0.3, 0.4) is 0 Å². The lowest BCUT2D eigenvalue weighted by Crippen LogP contribution is -2.35. The van der Waals surface area contributed by atoms with Crippen LogP contribution in [0.25, 0.3) is 0 Å². The zero-order valence-electron chi connectivity index (χ0n) is 6.88. The van der Waals surface area contributed by atoms with Crippen LogP contribution < -0.4 is 4.90 Å². The Morgan fingerprint density at radius 1 is 1.77 bits per heavy atom. The fourth-order valence-electron chi connectivity index (χ4n) is 1.55. The Balaban J connectivity index is 2.19. The normalized spacial score (nSPS) is 22.2. The monoisotopic (exact) mass is 199 g/mol. The molecule has 6 heteroatoms. The molecule has 1 aliphatic rings. The van der Waals surface area contributed by atoms with Gasteiger partial charge in [0, 0.05) is 18.1 Å². The molecule has 5 nitrogen and oxygen atoms in total. The number of carboxylic acid groups (broad SMARTS) is 1. The Morgan fingerprint density at radius 2 is 2.62 bits per heavy atom. The van der Waals surface area contributed by atoms with Crippen molar-refractivity contribution in [2.45, 2.75) is 18.9 Å². The highest BCUT2D eigenvalue weighted by Gasteiger charge is 2.31. The van der Waals surface area contributed by atoms with E-state index >= 15 is 0 Å². The van der Waals surface area contributed by atoms with Crippen LogP contribution in [0.2, 0.25) is 0 Å². The van der Waals surface area contributed by atoms with Crippen molar-refractivity contribution in [2.75, 3.05) is 11.4 Å². The zero-order chi connectivity index (χ0) is 9.26. The number of carbonyl (C=O) groups is 1. The summed E-state index contributed by atoms with van der Waals surface area (Å²) in [5.74, 6) is -0.771. The van der Waals surface area contributed by atoms with E-state index in [1.807, 2.05) is 0 Å². The average Bonchev–Trinajstić information content (AvgIpc) is 2.74. The van der Waals surface area contributed by atoms with Crippen molar-refractivity contribution >= 4 is 22.6 Å². The van der Waals surface area contributed by atoms with Crippen LogP contribution in [-0.4, -0.2) is 33.0 Å². The summed E-state index contributed by atoms with van der Waals surface area (Å²) in [6.07, 6.45) is 3.07. The summed E-state index contributed by atoms with van der Waals surface area (Å²) in [4.78, 5) is 16.6. The Hall–Kier alpha value is -1.17. The van der Waals surface area contributed by atoms with Gasteiger partial charge in [0.1, 0.15) is 12.4 Å². The van der Waals surface area contributed by atoms with Crippen molar-refractivity contribution in [2.24, 2.45) is 0 Å².